The molecule has 2 nitrogen and oxygen atoms in total. The summed E-state index contributed by atoms with van der Waals surface area (Å²) in [7, 11) is 1.72. The molecule has 1 unspecified atom stereocenters. The molecule has 0 bridgehead atoms. The molecule has 0 N–H and O–H groups in total. The van der Waals surface area contributed by atoms with Crippen LogP contribution in [0.2, 0.25) is 0 Å². The molecule has 1 spiro atoms. The number of hydrogen-bond acceptors (Lipinski definition) is 2. The number of ether oxygens (including phenoxy) is 1. The molecule has 2 aromatic rings. The molecule has 23 heavy (non-hydrogen) atoms. The zero-order valence-electron chi connectivity index (χ0n) is 13.5. The molecule has 0 radical (unpaired) electrons. The van der Waals surface area contributed by atoms with E-state index in [0.717, 1.165) is 37.9 Å². The van der Waals surface area contributed by atoms with Crippen LogP contribution in [0.25, 0.3) is 0 Å². The van der Waals surface area contributed by atoms with E-state index in [1.807, 2.05) is 6.07 Å². The predicted octanol–water partition coefficient (Wildman–Crippen LogP) is 4.42. The van der Waals surface area contributed by atoms with Gasteiger partial charge in [0.15, 0.2) is 0 Å². The van der Waals surface area contributed by atoms with Gasteiger partial charge in [0.05, 0.1) is 7.11 Å². The lowest BCUT2D eigenvalue weighted by Crippen LogP contribution is -2.35. The number of hydrogen-bond donors (Lipinski definition) is 0. The van der Waals surface area contributed by atoms with Crippen molar-refractivity contribution in [2.24, 2.45) is 0 Å². The SMILES string of the molecule is COc1cccc(C2Cc3ccccc3C23CCC(=O)CC3)c1. The average Bonchev–Trinajstić information content (AvgIpc) is 2.92. The second-order valence-electron chi connectivity index (χ2n) is 6.89. The van der Waals surface area contributed by atoms with E-state index in [2.05, 4.69) is 42.5 Å². The molecule has 0 aromatic heterocycles. The van der Waals surface area contributed by atoms with Crippen molar-refractivity contribution in [1.29, 1.82) is 0 Å². The Morgan fingerprint density at radius 3 is 2.61 bits per heavy atom. The lowest BCUT2D eigenvalue weighted by molar-refractivity contribution is -0.121. The number of Topliss-reactive ketones (excluding diaryl/α,β-unsaturated/α-hetero) is 1. The number of carbonyl (C=O) groups excluding carboxylic acids is 1. The molecule has 0 heterocycles. The standard InChI is InChI=1S/C21H22O2/c1-23-18-7-4-6-15(13-18)20-14-16-5-2-3-8-19(16)21(20)11-9-17(22)10-12-21/h2-8,13,20H,9-12,14H2,1H3. The number of methoxy groups -OCH3 is 1. The van der Waals surface area contributed by atoms with Crippen LogP contribution in [-0.2, 0) is 16.6 Å². The Balaban J connectivity index is 1.81. The topological polar surface area (TPSA) is 26.3 Å². The summed E-state index contributed by atoms with van der Waals surface area (Å²) in [5, 5.41) is 0. The number of ketones is 1. The normalized spacial score (nSPS) is 22.1. The number of carbonyl (C=O) groups is 1. The third-order valence-electron chi connectivity index (χ3n) is 5.84. The van der Waals surface area contributed by atoms with E-state index < -0.39 is 0 Å². The number of rotatable bonds is 2. The van der Waals surface area contributed by atoms with Crippen LogP contribution in [-0.4, -0.2) is 12.9 Å². The predicted molar refractivity (Wildman–Crippen MR) is 91.0 cm³/mol. The first-order valence-electron chi connectivity index (χ1n) is 8.47. The Morgan fingerprint density at radius 1 is 1.04 bits per heavy atom. The molecule has 2 heteroatoms. The Labute approximate surface area is 137 Å². The lowest BCUT2D eigenvalue weighted by atomic mass is 9.63. The van der Waals surface area contributed by atoms with E-state index >= 15 is 0 Å². The molecule has 0 aliphatic heterocycles. The summed E-state index contributed by atoms with van der Waals surface area (Å²) in [6, 6.07) is 17.3. The first-order chi connectivity index (χ1) is 11.2. The van der Waals surface area contributed by atoms with Gasteiger partial charge in [-0.25, -0.2) is 0 Å². The maximum absolute atomic E-state index is 11.8. The van der Waals surface area contributed by atoms with Crippen molar-refractivity contribution in [1.82, 2.24) is 0 Å². The summed E-state index contributed by atoms with van der Waals surface area (Å²) in [6.45, 7) is 0. The first kappa shape index (κ1) is 14.5. The van der Waals surface area contributed by atoms with Gasteiger partial charge in [0, 0.05) is 18.3 Å². The van der Waals surface area contributed by atoms with Gasteiger partial charge >= 0.3 is 0 Å². The average molecular weight is 306 g/mol. The Bertz CT molecular complexity index is 737. The van der Waals surface area contributed by atoms with Crippen LogP contribution in [0.5, 0.6) is 5.75 Å². The maximum atomic E-state index is 11.8. The zero-order chi connectivity index (χ0) is 15.9. The van der Waals surface area contributed by atoms with E-state index in [-0.39, 0.29) is 5.41 Å². The van der Waals surface area contributed by atoms with E-state index in [0.29, 0.717) is 11.7 Å². The van der Waals surface area contributed by atoms with Crippen molar-refractivity contribution in [2.45, 2.75) is 43.4 Å². The zero-order valence-corrected chi connectivity index (χ0v) is 13.5. The van der Waals surface area contributed by atoms with Crippen molar-refractivity contribution in [3.05, 3.63) is 65.2 Å². The Morgan fingerprint density at radius 2 is 1.83 bits per heavy atom. The molecule has 0 amide bonds. The second kappa shape index (κ2) is 5.52. The van der Waals surface area contributed by atoms with Crippen molar-refractivity contribution >= 4 is 5.78 Å². The van der Waals surface area contributed by atoms with Gasteiger partial charge in [-0.2, -0.15) is 0 Å². The molecule has 118 valence electrons. The summed E-state index contributed by atoms with van der Waals surface area (Å²) >= 11 is 0. The molecular weight excluding hydrogens is 284 g/mol. The maximum Gasteiger partial charge on any atom is 0.132 e. The molecule has 2 aliphatic rings. The third-order valence-corrected chi connectivity index (χ3v) is 5.84. The second-order valence-corrected chi connectivity index (χ2v) is 6.89. The summed E-state index contributed by atoms with van der Waals surface area (Å²) in [4.78, 5) is 11.8. The van der Waals surface area contributed by atoms with Gasteiger partial charge in [-0.15, -0.1) is 0 Å². The van der Waals surface area contributed by atoms with Crippen molar-refractivity contribution in [2.75, 3.05) is 7.11 Å². The fourth-order valence-electron chi connectivity index (χ4n) is 4.67. The minimum Gasteiger partial charge on any atom is -0.497 e. The van der Waals surface area contributed by atoms with E-state index in [1.165, 1.54) is 16.7 Å². The highest BCUT2D eigenvalue weighted by atomic mass is 16.5. The fourth-order valence-corrected chi connectivity index (χ4v) is 4.67. The van der Waals surface area contributed by atoms with Crippen LogP contribution in [0.1, 0.15) is 48.3 Å². The Hall–Kier alpha value is -2.09. The molecule has 1 saturated carbocycles. The van der Waals surface area contributed by atoms with Gasteiger partial charge in [0.25, 0.3) is 0 Å². The van der Waals surface area contributed by atoms with E-state index in [4.69, 9.17) is 4.74 Å². The van der Waals surface area contributed by atoms with Gasteiger partial charge in [0.1, 0.15) is 11.5 Å². The monoisotopic (exact) mass is 306 g/mol. The lowest BCUT2D eigenvalue weighted by Gasteiger charge is -2.40. The molecule has 0 saturated heterocycles. The first-order valence-corrected chi connectivity index (χ1v) is 8.47. The van der Waals surface area contributed by atoms with Crippen molar-refractivity contribution < 1.29 is 9.53 Å². The van der Waals surface area contributed by atoms with Crippen LogP contribution in [0, 0.1) is 0 Å². The van der Waals surface area contributed by atoms with E-state index in [9.17, 15) is 4.79 Å². The highest BCUT2D eigenvalue weighted by molar-refractivity contribution is 5.80. The molecule has 1 atom stereocenters. The minimum absolute atomic E-state index is 0.122. The van der Waals surface area contributed by atoms with Crippen molar-refractivity contribution in [3.63, 3.8) is 0 Å². The summed E-state index contributed by atoms with van der Waals surface area (Å²) in [5.74, 6) is 1.79. The van der Waals surface area contributed by atoms with Crippen LogP contribution in [0.4, 0.5) is 0 Å². The van der Waals surface area contributed by atoms with Crippen LogP contribution in [0.3, 0.4) is 0 Å². The molecule has 2 aliphatic carbocycles. The van der Waals surface area contributed by atoms with Gasteiger partial charge in [0.2, 0.25) is 0 Å². The van der Waals surface area contributed by atoms with Gasteiger partial charge in [-0.05, 0) is 54.0 Å². The number of benzene rings is 2. The third kappa shape index (κ3) is 2.28. The van der Waals surface area contributed by atoms with Crippen molar-refractivity contribution in [3.8, 4) is 5.75 Å². The van der Waals surface area contributed by atoms with Crippen LogP contribution in [0.15, 0.2) is 48.5 Å². The molecule has 4 rings (SSSR count). The fraction of sp³-hybridized carbons (Fsp3) is 0.381. The highest BCUT2D eigenvalue weighted by Gasteiger charge is 2.48. The summed E-state index contributed by atoms with van der Waals surface area (Å²) < 4.78 is 5.43. The van der Waals surface area contributed by atoms with Gasteiger partial charge in [-0.1, -0.05) is 36.4 Å². The molecular formula is C21H22O2. The van der Waals surface area contributed by atoms with Crippen LogP contribution < -0.4 is 4.74 Å². The number of fused-ring (bicyclic) bond motifs is 2. The quantitative estimate of drug-likeness (QED) is 0.821. The van der Waals surface area contributed by atoms with Gasteiger partial charge < -0.3 is 4.74 Å². The minimum atomic E-state index is 0.122. The van der Waals surface area contributed by atoms with Gasteiger partial charge in [-0.3, -0.25) is 4.79 Å². The summed E-state index contributed by atoms with van der Waals surface area (Å²) in [5.41, 5.74) is 4.39. The molecule has 1 fully saturated rings. The summed E-state index contributed by atoms with van der Waals surface area (Å²) in [6.07, 6.45) is 4.45. The molecule has 2 aromatic carbocycles. The smallest absolute Gasteiger partial charge is 0.132 e. The highest BCUT2D eigenvalue weighted by Crippen LogP contribution is 2.55. The Kier molecular flexibility index (Phi) is 3.48. The largest absolute Gasteiger partial charge is 0.497 e. The van der Waals surface area contributed by atoms with Crippen LogP contribution >= 0.6 is 0 Å². The van der Waals surface area contributed by atoms with E-state index in [1.54, 1.807) is 7.11 Å².